The Hall–Kier alpha value is -2.63. The van der Waals surface area contributed by atoms with Gasteiger partial charge in [-0.25, -0.2) is 4.39 Å². The molecule has 0 radical (unpaired) electrons. The van der Waals surface area contributed by atoms with Gasteiger partial charge >= 0.3 is 0 Å². The molecule has 0 spiro atoms. The number of aromatic hydroxyl groups is 1. The van der Waals surface area contributed by atoms with Crippen molar-refractivity contribution in [2.75, 3.05) is 11.9 Å². The Morgan fingerprint density at radius 2 is 1.95 bits per heavy atom. The molecule has 2 aromatic rings. The van der Waals surface area contributed by atoms with Crippen molar-refractivity contribution in [2.24, 2.45) is 0 Å². The summed E-state index contributed by atoms with van der Waals surface area (Å²) in [5, 5.41) is 23.1. The maximum Gasteiger partial charge on any atom is 0.295 e. The van der Waals surface area contributed by atoms with E-state index in [1.54, 1.807) is 31.2 Å². The third-order valence-corrected chi connectivity index (χ3v) is 3.14. The Morgan fingerprint density at radius 1 is 1.29 bits per heavy atom. The quantitative estimate of drug-likeness (QED) is 0.653. The number of aryl methyl sites for hydroxylation is 1. The predicted octanol–water partition coefficient (Wildman–Crippen LogP) is 3.40. The van der Waals surface area contributed by atoms with Crippen LogP contribution in [0, 0.1) is 22.9 Å². The van der Waals surface area contributed by atoms with Crippen molar-refractivity contribution in [3.63, 3.8) is 0 Å². The van der Waals surface area contributed by atoms with Crippen molar-refractivity contribution < 1.29 is 14.4 Å². The first kappa shape index (κ1) is 14.8. The summed E-state index contributed by atoms with van der Waals surface area (Å²) < 4.78 is 13.4. The Balaban J connectivity index is 2.07. The van der Waals surface area contributed by atoms with E-state index in [0.717, 1.165) is 11.6 Å². The smallest absolute Gasteiger partial charge is 0.295 e. The van der Waals surface area contributed by atoms with Crippen LogP contribution in [0.3, 0.4) is 0 Å². The van der Waals surface area contributed by atoms with Gasteiger partial charge < -0.3 is 10.4 Å². The number of hydrogen-bond acceptors (Lipinski definition) is 4. The third-order valence-electron chi connectivity index (χ3n) is 3.14. The van der Waals surface area contributed by atoms with E-state index in [9.17, 15) is 19.6 Å². The van der Waals surface area contributed by atoms with Gasteiger partial charge in [0.2, 0.25) is 0 Å². The average molecular weight is 290 g/mol. The molecule has 6 heteroatoms. The number of phenols is 1. The number of anilines is 1. The van der Waals surface area contributed by atoms with Gasteiger partial charge in [0.25, 0.3) is 5.69 Å². The molecule has 0 heterocycles. The van der Waals surface area contributed by atoms with Crippen molar-refractivity contribution >= 4 is 11.4 Å². The van der Waals surface area contributed by atoms with E-state index in [-0.39, 0.29) is 11.4 Å². The second-order valence-electron chi connectivity index (χ2n) is 4.72. The number of nitrogens with one attached hydrogen (secondary N) is 1. The molecule has 0 saturated heterocycles. The molecule has 0 aliphatic carbocycles. The minimum atomic E-state index is -0.606. The number of halogens is 1. The Morgan fingerprint density at radius 3 is 2.57 bits per heavy atom. The van der Waals surface area contributed by atoms with Gasteiger partial charge in [0.05, 0.1) is 11.0 Å². The molecule has 0 unspecified atom stereocenters. The highest BCUT2D eigenvalue weighted by atomic mass is 19.1. The van der Waals surface area contributed by atoms with Crippen LogP contribution < -0.4 is 5.32 Å². The number of benzene rings is 2. The topological polar surface area (TPSA) is 75.4 Å². The summed E-state index contributed by atoms with van der Waals surface area (Å²) in [5.74, 6) is -0.401. The lowest BCUT2D eigenvalue weighted by atomic mass is 10.1. The summed E-state index contributed by atoms with van der Waals surface area (Å²) in [7, 11) is 0. The lowest BCUT2D eigenvalue weighted by Crippen LogP contribution is -2.07. The summed E-state index contributed by atoms with van der Waals surface area (Å²) in [6.07, 6.45) is 0.633. The molecular formula is C15H15FN2O3. The van der Waals surface area contributed by atoms with Gasteiger partial charge in [0, 0.05) is 6.54 Å². The molecule has 0 atom stereocenters. The first-order chi connectivity index (χ1) is 9.97. The van der Waals surface area contributed by atoms with Crippen LogP contribution in [0.4, 0.5) is 15.8 Å². The van der Waals surface area contributed by atoms with Gasteiger partial charge in [-0.15, -0.1) is 0 Å². The largest absolute Gasteiger partial charge is 0.508 e. The highest BCUT2D eigenvalue weighted by molar-refractivity contribution is 5.63. The van der Waals surface area contributed by atoms with Crippen LogP contribution in [-0.2, 0) is 6.42 Å². The highest BCUT2D eigenvalue weighted by Gasteiger charge is 2.16. The van der Waals surface area contributed by atoms with Crippen LogP contribution in [-0.4, -0.2) is 16.6 Å². The van der Waals surface area contributed by atoms with Crippen molar-refractivity contribution in [1.29, 1.82) is 0 Å². The summed E-state index contributed by atoms with van der Waals surface area (Å²) in [6.45, 7) is 2.03. The molecular weight excluding hydrogens is 275 g/mol. The minimum absolute atomic E-state index is 0.191. The van der Waals surface area contributed by atoms with Crippen LogP contribution in [0.15, 0.2) is 36.4 Å². The van der Waals surface area contributed by atoms with Crippen LogP contribution in [0.1, 0.15) is 11.1 Å². The van der Waals surface area contributed by atoms with E-state index in [1.165, 1.54) is 6.07 Å². The van der Waals surface area contributed by atoms with Crippen molar-refractivity contribution in [1.82, 2.24) is 0 Å². The van der Waals surface area contributed by atoms with Gasteiger partial charge in [-0.3, -0.25) is 10.1 Å². The van der Waals surface area contributed by atoms with E-state index in [4.69, 9.17) is 0 Å². The number of hydrogen-bond donors (Lipinski definition) is 2. The standard InChI is InChI=1S/C15H15FN2O3/c1-10-8-14(15(18(20)21)9-13(10)16)17-7-6-11-2-4-12(19)5-3-11/h2-5,8-9,17,19H,6-7H2,1H3. The molecule has 21 heavy (non-hydrogen) atoms. The fraction of sp³-hybridized carbons (Fsp3) is 0.200. The highest BCUT2D eigenvalue weighted by Crippen LogP contribution is 2.27. The zero-order valence-electron chi connectivity index (χ0n) is 11.5. The molecule has 0 aliphatic heterocycles. The second-order valence-corrected chi connectivity index (χ2v) is 4.72. The van der Waals surface area contributed by atoms with Gasteiger partial charge in [-0.1, -0.05) is 12.1 Å². The molecule has 0 amide bonds. The van der Waals surface area contributed by atoms with Crippen LogP contribution in [0.25, 0.3) is 0 Å². The van der Waals surface area contributed by atoms with Gasteiger partial charge in [-0.05, 0) is 42.7 Å². The molecule has 110 valence electrons. The summed E-state index contributed by atoms with van der Waals surface area (Å²) >= 11 is 0. The summed E-state index contributed by atoms with van der Waals surface area (Å²) in [6, 6.07) is 9.09. The molecule has 2 rings (SSSR count). The molecule has 5 nitrogen and oxygen atoms in total. The Kier molecular flexibility index (Phi) is 4.37. The van der Waals surface area contributed by atoms with Crippen LogP contribution in [0.5, 0.6) is 5.75 Å². The molecule has 0 fully saturated rings. The maximum atomic E-state index is 13.4. The first-order valence-electron chi connectivity index (χ1n) is 6.43. The van der Waals surface area contributed by atoms with Gasteiger partial charge in [0.1, 0.15) is 17.3 Å². The number of phenolic OH excluding ortho intramolecular Hbond substituents is 1. The molecule has 0 aliphatic rings. The summed E-state index contributed by atoms with van der Waals surface area (Å²) in [5.41, 5.74) is 1.37. The molecule has 2 N–H and O–H groups in total. The zero-order chi connectivity index (χ0) is 15.4. The Labute approximate surface area is 121 Å². The van der Waals surface area contributed by atoms with E-state index in [2.05, 4.69) is 5.32 Å². The number of nitrogens with zero attached hydrogens (tertiary/aromatic N) is 1. The van der Waals surface area contributed by atoms with Gasteiger partial charge in [0.15, 0.2) is 0 Å². The fourth-order valence-corrected chi connectivity index (χ4v) is 1.97. The predicted molar refractivity (Wildman–Crippen MR) is 78.1 cm³/mol. The summed E-state index contributed by atoms with van der Waals surface area (Å²) in [4.78, 5) is 10.3. The third kappa shape index (κ3) is 3.68. The average Bonchev–Trinajstić information content (AvgIpc) is 2.44. The second kappa shape index (κ2) is 6.21. The van der Waals surface area contributed by atoms with Crippen LogP contribution >= 0.6 is 0 Å². The van der Waals surface area contributed by atoms with E-state index >= 15 is 0 Å². The monoisotopic (exact) mass is 290 g/mol. The van der Waals surface area contributed by atoms with E-state index in [1.807, 2.05) is 0 Å². The zero-order valence-corrected chi connectivity index (χ0v) is 11.5. The molecule has 0 saturated carbocycles. The minimum Gasteiger partial charge on any atom is -0.508 e. The SMILES string of the molecule is Cc1cc(NCCc2ccc(O)cc2)c([N+](=O)[O-])cc1F. The first-order valence-corrected chi connectivity index (χ1v) is 6.43. The normalized spacial score (nSPS) is 10.4. The molecule has 0 aromatic heterocycles. The van der Waals surface area contributed by atoms with Crippen molar-refractivity contribution in [3.8, 4) is 5.75 Å². The number of nitro groups is 1. The number of rotatable bonds is 5. The van der Waals surface area contributed by atoms with Crippen molar-refractivity contribution in [2.45, 2.75) is 13.3 Å². The van der Waals surface area contributed by atoms with Crippen LogP contribution in [0.2, 0.25) is 0 Å². The van der Waals surface area contributed by atoms with E-state index in [0.29, 0.717) is 24.2 Å². The molecule has 2 aromatic carbocycles. The lowest BCUT2D eigenvalue weighted by Gasteiger charge is -2.09. The van der Waals surface area contributed by atoms with E-state index < -0.39 is 10.7 Å². The number of nitro benzene ring substituents is 1. The fourth-order valence-electron chi connectivity index (χ4n) is 1.97. The maximum absolute atomic E-state index is 13.4. The van der Waals surface area contributed by atoms with Gasteiger partial charge in [-0.2, -0.15) is 0 Å². The molecule has 0 bridgehead atoms. The van der Waals surface area contributed by atoms with Crippen molar-refractivity contribution in [3.05, 3.63) is 63.5 Å². The lowest BCUT2D eigenvalue weighted by molar-refractivity contribution is -0.384. The Bertz CT molecular complexity index is 657.